The first-order valence-electron chi connectivity index (χ1n) is 9.93. The molecule has 7 heteroatoms. The van der Waals surface area contributed by atoms with E-state index in [1.165, 1.54) is 21.5 Å². The number of aryl methyl sites for hydroxylation is 2. The Labute approximate surface area is 183 Å². The van der Waals surface area contributed by atoms with E-state index in [1.54, 1.807) is 12.4 Å². The number of carbonyl (C=O) groups excluding carboxylic acids is 1. The molecule has 2 heterocycles. The third-order valence-corrected chi connectivity index (χ3v) is 6.26. The fraction of sp³-hybridized carbons (Fsp3) is 0.208. The summed E-state index contributed by atoms with van der Waals surface area (Å²) in [7, 11) is 1.61. The van der Waals surface area contributed by atoms with E-state index in [-0.39, 0.29) is 24.1 Å². The monoisotopic (exact) mass is 434 g/mol. The second kappa shape index (κ2) is 8.73. The van der Waals surface area contributed by atoms with Crippen LogP contribution in [0.25, 0.3) is 10.2 Å². The Kier molecular flexibility index (Phi) is 5.86. The highest BCUT2D eigenvalue weighted by molar-refractivity contribution is 7.17. The van der Waals surface area contributed by atoms with Crippen LogP contribution in [0.5, 0.6) is 0 Å². The van der Waals surface area contributed by atoms with E-state index in [0.717, 1.165) is 15.7 Å². The fourth-order valence-corrected chi connectivity index (χ4v) is 4.44. The number of esters is 1. The molecule has 0 aliphatic heterocycles. The Balaban J connectivity index is 1.62. The predicted molar refractivity (Wildman–Crippen MR) is 122 cm³/mol. The van der Waals surface area contributed by atoms with E-state index in [2.05, 4.69) is 0 Å². The number of rotatable bonds is 6. The summed E-state index contributed by atoms with van der Waals surface area (Å²) in [5, 5.41) is 1.82. The van der Waals surface area contributed by atoms with Crippen molar-refractivity contribution < 1.29 is 9.53 Å². The fourth-order valence-electron chi connectivity index (χ4n) is 3.44. The zero-order valence-electron chi connectivity index (χ0n) is 17.3. The SMILES string of the molecule is Cc1ccc(CCOC(=O)c2csc3c2c(=O)n(Cc2ccccc2)c(=O)n3C)cc1. The molecule has 0 N–H and O–H groups in total. The minimum absolute atomic E-state index is 0.139. The molecule has 0 saturated heterocycles. The number of hydrogen-bond acceptors (Lipinski definition) is 5. The van der Waals surface area contributed by atoms with Gasteiger partial charge < -0.3 is 4.74 Å². The van der Waals surface area contributed by atoms with Crippen molar-refractivity contribution in [1.82, 2.24) is 9.13 Å². The summed E-state index contributed by atoms with van der Waals surface area (Å²) in [4.78, 5) is 39.1. The van der Waals surface area contributed by atoms with Crippen LogP contribution in [0.1, 0.15) is 27.0 Å². The molecule has 0 radical (unpaired) electrons. The summed E-state index contributed by atoms with van der Waals surface area (Å²) < 4.78 is 8.01. The van der Waals surface area contributed by atoms with Gasteiger partial charge in [0.15, 0.2) is 0 Å². The number of thiophene rings is 1. The minimum Gasteiger partial charge on any atom is -0.462 e. The Morgan fingerprint density at radius 3 is 2.42 bits per heavy atom. The standard InChI is InChI=1S/C24H22N2O4S/c1-16-8-10-17(11-9-16)12-13-30-23(28)19-15-31-22-20(19)21(27)26(24(29)25(22)2)14-18-6-4-3-5-7-18/h3-11,15H,12-14H2,1-2H3. The highest BCUT2D eigenvalue weighted by Gasteiger charge is 2.21. The molecule has 0 amide bonds. The van der Waals surface area contributed by atoms with Gasteiger partial charge in [0.05, 0.1) is 24.1 Å². The zero-order chi connectivity index (χ0) is 22.0. The lowest BCUT2D eigenvalue weighted by Gasteiger charge is -2.09. The van der Waals surface area contributed by atoms with E-state index >= 15 is 0 Å². The van der Waals surface area contributed by atoms with Crippen molar-refractivity contribution in [3.8, 4) is 0 Å². The minimum atomic E-state index is -0.555. The van der Waals surface area contributed by atoms with Crippen LogP contribution in [0.4, 0.5) is 0 Å². The van der Waals surface area contributed by atoms with Gasteiger partial charge in [-0.1, -0.05) is 60.2 Å². The molecule has 0 fully saturated rings. The maximum absolute atomic E-state index is 13.2. The van der Waals surface area contributed by atoms with Crippen LogP contribution in [-0.2, 0) is 24.8 Å². The number of aromatic nitrogens is 2. The van der Waals surface area contributed by atoms with Gasteiger partial charge in [0.1, 0.15) is 4.83 Å². The second-order valence-corrected chi connectivity index (χ2v) is 8.28. The van der Waals surface area contributed by atoms with E-state index in [9.17, 15) is 14.4 Å². The second-order valence-electron chi connectivity index (χ2n) is 7.42. The quantitative estimate of drug-likeness (QED) is 0.436. The van der Waals surface area contributed by atoms with Crippen LogP contribution >= 0.6 is 11.3 Å². The molecule has 0 unspecified atom stereocenters. The van der Waals surface area contributed by atoms with Gasteiger partial charge >= 0.3 is 11.7 Å². The Morgan fingerprint density at radius 1 is 1.00 bits per heavy atom. The van der Waals surface area contributed by atoms with Crippen molar-refractivity contribution in [2.75, 3.05) is 6.61 Å². The molecule has 0 aliphatic carbocycles. The van der Waals surface area contributed by atoms with Crippen molar-refractivity contribution in [3.63, 3.8) is 0 Å². The molecule has 2 aromatic heterocycles. The lowest BCUT2D eigenvalue weighted by atomic mass is 10.1. The van der Waals surface area contributed by atoms with Crippen LogP contribution in [-0.4, -0.2) is 21.7 Å². The smallest absolute Gasteiger partial charge is 0.339 e. The number of hydrogen-bond donors (Lipinski definition) is 0. The van der Waals surface area contributed by atoms with Gasteiger partial charge in [-0.05, 0) is 18.1 Å². The van der Waals surface area contributed by atoms with Gasteiger partial charge in [0.2, 0.25) is 0 Å². The average molecular weight is 435 g/mol. The molecule has 4 rings (SSSR count). The lowest BCUT2D eigenvalue weighted by Crippen LogP contribution is -2.39. The third kappa shape index (κ3) is 4.22. The molecule has 4 aromatic rings. The molecule has 0 atom stereocenters. The van der Waals surface area contributed by atoms with E-state index in [0.29, 0.717) is 11.3 Å². The van der Waals surface area contributed by atoms with Crippen LogP contribution < -0.4 is 11.2 Å². The van der Waals surface area contributed by atoms with E-state index in [1.807, 2.05) is 61.5 Å². The molecule has 0 saturated carbocycles. The van der Waals surface area contributed by atoms with Crippen molar-refractivity contribution in [2.24, 2.45) is 7.05 Å². The number of ether oxygens (including phenoxy) is 1. The third-order valence-electron chi connectivity index (χ3n) is 5.20. The van der Waals surface area contributed by atoms with Gasteiger partial charge in [-0.2, -0.15) is 0 Å². The van der Waals surface area contributed by atoms with Crippen molar-refractivity contribution in [3.05, 3.63) is 103 Å². The van der Waals surface area contributed by atoms with Gasteiger partial charge in [0.25, 0.3) is 5.56 Å². The lowest BCUT2D eigenvalue weighted by molar-refractivity contribution is 0.0512. The number of carbonyl (C=O) groups is 1. The van der Waals surface area contributed by atoms with Crippen LogP contribution in [0, 0.1) is 6.92 Å². The predicted octanol–water partition coefficient (Wildman–Crippen LogP) is 3.52. The Bertz CT molecular complexity index is 1350. The van der Waals surface area contributed by atoms with Crippen LogP contribution in [0.15, 0.2) is 69.6 Å². The van der Waals surface area contributed by atoms with Gasteiger partial charge in [0, 0.05) is 18.8 Å². The van der Waals surface area contributed by atoms with E-state index in [4.69, 9.17) is 4.74 Å². The maximum Gasteiger partial charge on any atom is 0.339 e. The first-order valence-corrected chi connectivity index (χ1v) is 10.8. The zero-order valence-corrected chi connectivity index (χ0v) is 18.1. The molecule has 0 bridgehead atoms. The first kappa shape index (κ1) is 20.8. The highest BCUT2D eigenvalue weighted by Crippen LogP contribution is 2.22. The number of fused-ring (bicyclic) bond motifs is 1. The van der Waals surface area contributed by atoms with Crippen molar-refractivity contribution in [2.45, 2.75) is 19.9 Å². The van der Waals surface area contributed by atoms with Gasteiger partial charge in [-0.15, -0.1) is 11.3 Å². The first-order chi connectivity index (χ1) is 15.0. The van der Waals surface area contributed by atoms with Gasteiger partial charge in [-0.25, -0.2) is 9.59 Å². The molecule has 0 spiro atoms. The molecule has 2 aromatic carbocycles. The molecule has 31 heavy (non-hydrogen) atoms. The highest BCUT2D eigenvalue weighted by atomic mass is 32.1. The molecule has 6 nitrogen and oxygen atoms in total. The summed E-state index contributed by atoms with van der Waals surface area (Å²) in [6.07, 6.45) is 0.588. The Hall–Kier alpha value is -3.45. The van der Waals surface area contributed by atoms with Crippen molar-refractivity contribution >= 4 is 27.5 Å². The summed E-state index contributed by atoms with van der Waals surface area (Å²) in [5.74, 6) is -0.555. The number of benzene rings is 2. The number of nitrogens with zero attached hydrogens (tertiary/aromatic N) is 2. The summed E-state index contributed by atoms with van der Waals surface area (Å²) in [5.41, 5.74) is 2.38. The van der Waals surface area contributed by atoms with Crippen LogP contribution in [0.2, 0.25) is 0 Å². The Morgan fingerprint density at radius 2 is 1.71 bits per heavy atom. The summed E-state index contributed by atoms with van der Waals surface area (Å²) >= 11 is 1.19. The van der Waals surface area contributed by atoms with Crippen LogP contribution in [0.3, 0.4) is 0 Å². The maximum atomic E-state index is 13.2. The van der Waals surface area contributed by atoms with Crippen molar-refractivity contribution in [1.29, 1.82) is 0 Å². The average Bonchev–Trinajstić information content (AvgIpc) is 3.23. The summed E-state index contributed by atoms with van der Waals surface area (Å²) in [6, 6.07) is 17.3. The molecular weight excluding hydrogens is 412 g/mol. The topological polar surface area (TPSA) is 70.3 Å². The molecular formula is C24H22N2O4S. The normalized spacial score (nSPS) is 11.0. The van der Waals surface area contributed by atoms with Gasteiger partial charge in [-0.3, -0.25) is 13.9 Å². The largest absolute Gasteiger partial charge is 0.462 e. The molecule has 158 valence electrons. The molecule has 0 aliphatic rings. The van der Waals surface area contributed by atoms with E-state index < -0.39 is 17.2 Å². The summed E-state index contributed by atoms with van der Waals surface area (Å²) in [6.45, 7) is 2.37.